The number of non-ortho nitro benzene ring substituents is 1. The number of nitrogens with zero attached hydrogens (tertiary/aromatic N) is 2. The third-order valence-corrected chi connectivity index (χ3v) is 3.86. The Bertz CT molecular complexity index is 572. The molecule has 1 aliphatic rings. The van der Waals surface area contributed by atoms with Crippen molar-refractivity contribution in [3.05, 3.63) is 39.9 Å². The standard InChI is InChI=1S/C17H25N3O4/c1-17(2,3)24-16(21)18-14-8-10-19(11-9-14)12-13-4-6-15(7-5-13)20(22)23/h4-7,14H,8-12H2,1-3H3,(H,18,21). The van der Waals surface area contributed by atoms with Crippen LogP contribution in [0, 0.1) is 10.1 Å². The lowest BCUT2D eigenvalue weighted by Crippen LogP contribution is -2.45. The van der Waals surface area contributed by atoms with Crippen molar-refractivity contribution < 1.29 is 14.5 Å². The van der Waals surface area contributed by atoms with Crippen LogP contribution in [0.4, 0.5) is 10.5 Å². The molecule has 0 bridgehead atoms. The van der Waals surface area contributed by atoms with Gasteiger partial charge in [-0.2, -0.15) is 0 Å². The van der Waals surface area contributed by atoms with Gasteiger partial charge < -0.3 is 10.1 Å². The van der Waals surface area contributed by atoms with Crippen LogP contribution in [-0.4, -0.2) is 40.6 Å². The van der Waals surface area contributed by atoms with Crippen molar-refractivity contribution in [3.63, 3.8) is 0 Å². The van der Waals surface area contributed by atoms with Crippen LogP contribution in [0.1, 0.15) is 39.2 Å². The van der Waals surface area contributed by atoms with Gasteiger partial charge in [0.2, 0.25) is 0 Å². The number of carbonyl (C=O) groups excluding carboxylic acids is 1. The maximum absolute atomic E-state index is 11.8. The average molecular weight is 335 g/mol. The quantitative estimate of drug-likeness (QED) is 0.675. The van der Waals surface area contributed by atoms with E-state index in [-0.39, 0.29) is 17.8 Å². The molecule has 7 nitrogen and oxygen atoms in total. The second-order valence-electron chi connectivity index (χ2n) is 7.12. The molecule has 132 valence electrons. The predicted octanol–water partition coefficient (Wildman–Crippen LogP) is 3.08. The predicted molar refractivity (Wildman–Crippen MR) is 90.8 cm³/mol. The van der Waals surface area contributed by atoms with E-state index >= 15 is 0 Å². The molecule has 0 unspecified atom stereocenters. The zero-order chi connectivity index (χ0) is 17.7. The van der Waals surface area contributed by atoms with Gasteiger partial charge in [0, 0.05) is 37.8 Å². The summed E-state index contributed by atoms with van der Waals surface area (Å²) < 4.78 is 5.27. The number of likely N-dealkylation sites (tertiary alicyclic amines) is 1. The van der Waals surface area contributed by atoms with Gasteiger partial charge in [-0.1, -0.05) is 12.1 Å². The Balaban J connectivity index is 1.76. The lowest BCUT2D eigenvalue weighted by Gasteiger charge is -2.32. The second kappa shape index (κ2) is 7.61. The molecule has 2 rings (SSSR count). The van der Waals surface area contributed by atoms with Crippen LogP contribution in [0.3, 0.4) is 0 Å². The highest BCUT2D eigenvalue weighted by molar-refractivity contribution is 5.68. The molecule has 7 heteroatoms. The molecule has 1 saturated heterocycles. The van der Waals surface area contributed by atoms with E-state index in [1.807, 2.05) is 20.8 Å². The number of alkyl carbamates (subject to hydrolysis) is 1. The zero-order valence-corrected chi connectivity index (χ0v) is 14.4. The van der Waals surface area contributed by atoms with Crippen molar-refractivity contribution in [3.8, 4) is 0 Å². The highest BCUT2D eigenvalue weighted by Crippen LogP contribution is 2.17. The summed E-state index contributed by atoms with van der Waals surface area (Å²) in [6, 6.07) is 6.79. The van der Waals surface area contributed by atoms with Crippen molar-refractivity contribution in [1.82, 2.24) is 10.2 Å². The number of amides is 1. The van der Waals surface area contributed by atoms with Crippen molar-refractivity contribution in [2.24, 2.45) is 0 Å². The largest absolute Gasteiger partial charge is 0.444 e. The van der Waals surface area contributed by atoms with E-state index in [0.717, 1.165) is 38.0 Å². The summed E-state index contributed by atoms with van der Waals surface area (Å²) >= 11 is 0. The Labute approximate surface area is 142 Å². The molecule has 0 atom stereocenters. The topological polar surface area (TPSA) is 84.7 Å². The Hall–Kier alpha value is -2.15. The number of benzene rings is 1. The molecular formula is C17H25N3O4. The van der Waals surface area contributed by atoms with Gasteiger partial charge in [-0.3, -0.25) is 15.0 Å². The minimum Gasteiger partial charge on any atom is -0.444 e. The number of carbonyl (C=O) groups is 1. The highest BCUT2D eigenvalue weighted by atomic mass is 16.6. The van der Waals surface area contributed by atoms with Crippen LogP contribution >= 0.6 is 0 Å². The van der Waals surface area contributed by atoms with Gasteiger partial charge in [0.15, 0.2) is 0 Å². The second-order valence-corrected chi connectivity index (χ2v) is 7.12. The first-order chi connectivity index (χ1) is 11.2. The summed E-state index contributed by atoms with van der Waals surface area (Å²) in [6.07, 6.45) is 1.37. The van der Waals surface area contributed by atoms with Crippen LogP contribution in [0.15, 0.2) is 24.3 Å². The number of nitrogens with one attached hydrogen (secondary N) is 1. The number of nitro benzene ring substituents is 1. The molecule has 0 aromatic heterocycles. The van der Waals surface area contributed by atoms with Gasteiger partial charge in [0.1, 0.15) is 5.60 Å². The van der Waals surface area contributed by atoms with E-state index in [1.54, 1.807) is 12.1 Å². The van der Waals surface area contributed by atoms with Crippen LogP contribution in [0.5, 0.6) is 0 Å². The minimum atomic E-state index is -0.485. The minimum absolute atomic E-state index is 0.110. The molecule has 24 heavy (non-hydrogen) atoms. The van der Waals surface area contributed by atoms with Crippen molar-refractivity contribution in [2.45, 2.75) is 51.8 Å². The molecule has 0 spiro atoms. The lowest BCUT2D eigenvalue weighted by atomic mass is 10.0. The first-order valence-electron chi connectivity index (χ1n) is 8.18. The summed E-state index contributed by atoms with van der Waals surface area (Å²) in [7, 11) is 0. The molecule has 1 amide bonds. The van der Waals surface area contributed by atoms with Crippen molar-refractivity contribution >= 4 is 11.8 Å². The van der Waals surface area contributed by atoms with E-state index in [1.165, 1.54) is 12.1 Å². The van der Waals surface area contributed by atoms with Gasteiger partial charge in [-0.05, 0) is 39.2 Å². The Morgan fingerprint density at radius 1 is 1.29 bits per heavy atom. The molecule has 1 N–H and O–H groups in total. The van der Waals surface area contributed by atoms with Crippen LogP contribution in [-0.2, 0) is 11.3 Å². The number of piperidine rings is 1. The number of hydrogen-bond acceptors (Lipinski definition) is 5. The third kappa shape index (κ3) is 5.81. The normalized spacial score (nSPS) is 16.6. The van der Waals surface area contributed by atoms with Crippen molar-refractivity contribution in [2.75, 3.05) is 13.1 Å². The van der Waals surface area contributed by atoms with E-state index in [4.69, 9.17) is 4.74 Å². The maximum atomic E-state index is 11.8. The summed E-state index contributed by atoms with van der Waals surface area (Å²) in [5.74, 6) is 0. The molecular weight excluding hydrogens is 310 g/mol. The van der Waals surface area contributed by atoms with Gasteiger partial charge in [0.05, 0.1) is 4.92 Å². The fourth-order valence-corrected chi connectivity index (χ4v) is 2.69. The SMILES string of the molecule is CC(C)(C)OC(=O)NC1CCN(Cc2ccc([N+](=O)[O-])cc2)CC1. The molecule has 1 fully saturated rings. The molecule has 0 saturated carbocycles. The molecule has 1 heterocycles. The smallest absolute Gasteiger partial charge is 0.407 e. The Morgan fingerprint density at radius 2 is 1.88 bits per heavy atom. The fourth-order valence-electron chi connectivity index (χ4n) is 2.69. The number of hydrogen-bond donors (Lipinski definition) is 1. The third-order valence-electron chi connectivity index (χ3n) is 3.86. The molecule has 0 aliphatic carbocycles. The molecule has 0 radical (unpaired) electrons. The summed E-state index contributed by atoms with van der Waals surface area (Å²) in [5, 5.41) is 13.6. The van der Waals surface area contributed by atoms with Gasteiger partial charge in [-0.25, -0.2) is 4.79 Å². The first-order valence-corrected chi connectivity index (χ1v) is 8.18. The summed E-state index contributed by atoms with van der Waals surface area (Å²) in [6.45, 7) is 8.05. The first kappa shape index (κ1) is 18.2. The van der Waals surface area contributed by atoms with E-state index in [9.17, 15) is 14.9 Å². The van der Waals surface area contributed by atoms with Crippen LogP contribution in [0.2, 0.25) is 0 Å². The summed E-state index contributed by atoms with van der Waals surface area (Å²) in [4.78, 5) is 24.3. The monoisotopic (exact) mass is 335 g/mol. The van der Waals surface area contributed by atoms with Gasteiger partial charge in [0.25, 0.3) is 5.69 Å². The fraction of sp³-hybridized carbons (Fsp3) is 0.588. The molecule has 1 aromatic rings. The molecule has 1 aromatic carbocycles. The van der Waals surface area contributed by atoms with Gasteiger partial charge in [-0.15, -0.1) is 0 Å². The van der Waals surface area contributed by atoms with Crippen LogP contribution < -0.4 is 5.32 Å². The average Bonchev–Trinajstić information content (AvgIpc) is 2.48. The van der Waals surface area contributed by atoms with Crippen molar-refractivity contribution in [1.29, 1.82) is 0 Å². The van der Waals surface area contributed by atoms with Crippen LogP contribution in [0.25, 0.3) is 0 Å². The van der Waals surface area contributed by atoms with E-state index in [0.29, 0.717) is 0 Å². The number of ether oxygens (including phenoxy) is 1. The Morgan fingerprint density at radius 3 is 2.38 bits per heavy atom. The molecule has 1 aliphatic heterocycles. The maximum Gasteiger partial charge on any atom is 0.407 e. The zero-order valence-electron chi connectivity index (χ0n) is 14.4. The van der Waals surface area contributed by atoms with E-state index < -0.39 is 10.5 Å². The number of rotatable bonds is 4. The van der Waals surface area contributed by atoms with E-state index in [2.05, 4.69) is 10.2 Å². The highest BCUT2D eigenvalue weighted by Gasteiger charge is 2.23. The number of nitro groups is 1. The lowest BCUT2D eigenvalue weighted by molar-refractivity contribution is -0.384. The van der Waals surface area contributed by atoms with Gasteiger partial charge >= 0.3 is 6.09 Å². The summed E-state index contributed by atoms with van der Waals surface area (Å²) in [5.41, 5.74) is 0.680. The Kier molecular flexibility index (Phi) is 5.77.